The second-order valence-electron chi connectivity index (χ2n) is 11.7. The summed E-state index contributed by atoms with van der Waals surface area (Å²) in [5, 5.41) is 3.16. The van der Waals surface area contributed by atoms with E-state index < -0.39 is 0 Å². The van der Waals surface area contributed by atoms with Crippen molar-refractivity contribution >= 4 is 11.6 Å². The average Bonchev–Trinajstić information content (AvgIpc) is 3.38. The fourth-order valence-corrected chi connectivity index (χ4v) is 5.29. The molecule has 0 aliphatic rings. The Bertz CT molecular complexity index is 1160. The van der Waals surface area contributed by atoms with Gasteiger partial charge in [-0.1, -0.05) is 76.8 Å². The van der Waals surface area contributed by atoms with Crippen LogP contribution in [0.2, 0.25) is 0 Å². The van der Waals surface area contributed by atoms with Crippen molar-refractivity contribution in [1.29, 1.82) is 0 Å². The molecule has 0 bridgehead atoms. The Morgan fingerprint density at radius 2 is 1.77 bits per heavy atom. The van der Waals surface area contributed by atoms with E-state index in [1.807, 2.05) is 45.7 Å². The molecule has 0 aliphatic heterocycles. The molecular formula is C34H49FN4O. The summed E-state index contributed by atoms with van der Waals surface area (Å²) in [5.41, 5.74) is 4.28. The highest BCUT2D eigenvalue weighted by Gasteiger charge is 2.20. The molecule has 3 aromatic rings. The number of hydrogen-bond acceptors (Lipinski definition) is 3. The zero-order chi connectivity index (χ0) is 28.9. The maximum absolute atomic E-state index is 14.2. The zero-order valence-electron chi connectivity index (χ0n) is 25.2. The van der Waals surface area contributed by atoms with E-state index in [0.29, 0.717) is 12.5 Å². The third kappa shape index (κ3) is 10.1. The van der Waals surface area contributed by atoms with Gasteiger partial charge in [-0.2, -0.15) is 0 Å². The quantitative estimate of drug-likeness (QED) is 0.193. The summed E-state index contributed by atoms with van der Waals surface area (Å²) in [5.74, 6) is 1.03. The molecule has 6 heteroatoms. The minimum absolute atomic E-state index is 0.0747. The molecule has 218 valence electrons. The number of benzene rings is 2. The van der Waals surface area contributed by atoms with Gasteiger partial charge < -0.3 is 14.8 Å². The number of carbonyl (C=O) groups is 1. The van der Waals surface area contributed by atoms with Gasteiger partial charge in [0.1, 0.15) is 5.82 Å². The lowest BCUT2D eigenvalue weighted by atomic mass is 9.85. The van der Waals surface area contributed by atoms with E-state index in [1.54, 1.807) is 6.07 Å². The molecule has 5 nitrogen and oxygen atoms in total. The van der Waals surface area contributed by atoms with E-state index in [9.17, 15) is 9.18 Å². The lowest BCUT2D eigenvalue weighted by molar-refractivity contribution is -0.125. The molecule has 0 saturated carbocycles. The zero-order valence-corrected chi connectivity index (χ0v) is 25.2. The first-order chi connectivity index (χ1) is 19.3. The number of aryl methyl sites for hydroxylation is 1. The van der Waals surface area contributed by atoms with Gasteiger partial charge >= 0.3 is 0 Å². The van der Waals surface area contributed by atoms with E-state index in [4.69, 9.17) is 0 Å². The average molecular weight is 549 g/mol. The second kappa shape index (κ2) is 16.2. The molecule has 1 N–H and O–H groups in total. The molecule has 1 heterocycles. The summed E-state index contributed by atoms with van der Waals surface area (Å²) < 4.78 is 16.4. The van der Waals surface area contributed by atoms with Crippen LogP contribution in [0.5, 0.6) is 0 Å². The molecule has 3 unspecified atom stereocenters. The third-order valence-electron chi connectivity index (χ3n) is 8.21. The summed E-state index contributed by atoms with van der Waals surface area (Å²) in [4.78, 5) is 19.5. The van der Waals surface area contributed by atoms with Crippen molar-refractivity contribution in [2.45, 2.75) is 78.7 Å². The predicted molar refractivity (Wildman–Crippen MR) is 164 cm³/mol. The van der Waals surface area contributed by atoms with E-state index in [-0.39, 0.29) is 17.6 Å². The number of amides is 1. The van der Waals surface area contributed by atoms with Crippen LogP contribution in [0.15, 0.2) is 61.1 Å². The second-order valence-corrected chi connectivity index (χ2v) is 11.7. The van der Waals surface area contributed by atoms with Crippen LogP contribution in [0.1, 0.15) is 76.1 Å². The highest BCUT2D eigenvalue weighted by molar-refractivity contribution is 5.78. The van der Waals surface area contributed by atoms with Crippen LogP contribution in [0, 0.1) is 23.6 Å². The summed E-state index contributed by atoms with van der Waals surface area (Å²) in [6, 6.07) is 15.6. The van der Waals surface area contributed by atoms with Gasteiger partial charge in [0.15, 0.2) is 0 Å². The molecule has 0 aliphatic carbocycles. The molecule has 1 aromatic heterocycles. The van der Waals surface area contributed by atoms with Crippen molar-refractivity contribution in [2.24, 2.45) is 17.8 Å². The topological polar surface area (TPSA) is 50.2 Å². The van der Waals surface area contributed by atoms with Gasteiger partial charge in [-0.3, -0.25) is 4.79 Å². The van der Waals surface area contributed by atoms with Gasteiger partial charge in [0.25, 0.3) is 0 Å². The monoisotopic (exact) mass is 548 g/mol. The van der Waals surface area contributed by atoms with E-state index >= 15 is 0 Å². The van der Waals surface area contributed by atoms with Crippen LogP contribution in [0.4, 0.5) is 10.1 Å². The Kier molecular flexibility index (Phi) is 12.7. The largest absolute Gasteiger partial charge is 0.378 e. The molecule has 0 fully saturated rings. The molecule has 3 rings (SSSR count). The van der Waals surface area contributed by atoms with Gasteiger partial charge in [-0.05, 0) is 60.4 Å². The van der Waals surface area contributed by atoms with Gasteiger partial charge in [-0.15, -0.1) is 0 Å². The number of anilines is 1. The van der Waals surface area contributed by atoms with Gasteiger partial charge in [-0.25, -0.2) is 9.37 Å². The van der Waals surface area contributed by atoms with Crippen molar-refractivity contribution in [3.05, 3.63) is 83.7 Å². The normalized spacial score (nSPS) is 13.6. The van der Waals surface area contributed by atoms with Gasteiger partial charge in [0, 0.05) is 57.1 Å². The fourth-order valence-electron chi connectivity index (χ4n) is 5.29. The highest BCUT2D eigenvalue weighted by Crippen LogP contribution is 2.26. The molecule has 40 heavy (non-hydrogen) atoms. The van der Waals surface area contributed by atoms with Crippen molar-refractivity contribution < 1.29 is 9.18 Å². The Morgan fingerprint density at radius 1 is 1.02 bits per heavy atom. The number of carbonyl (C=O) groups excluding carboxylic acids is 1. The number of nitrogens with one attached hydrogen (secondary N) is 1. The SMILES string of the molecule is CCC(C)CCCC(CCc1ccccc1F)CC(C)C(=O)NCCc1cncn1Cc1ccc(N(C)C)cc1. The maximum atomic E-state index is 14.2. The number of halogens is 1. The minimum atomic E-state index is -0.128. The minimum Gasteiger partial charge on any atom is -0.378 e. The molecule has 0 saturated heterocycles. The first-order valence-corrected chi connectivity index (χ1v) is 15.0. The summed E-state index contributed by atoms with van der Waals surface area (Å²) >= 11 is 0. The van der Waals surface area contributed by atoms with Crippen LogP contribution < -0.4 is 10.2 Å². The van der Waals surface area contributed by atoms with Crippen molar-refractivity contribution in [3.8, 4) is 0 Å². The first kappa shape index (κ1) is 31.4. The fraction of sp³-hybridized carbons (Fsp3) is 0.529. The Labute approximate surface area is 241 Å². The van der Waals surface area contributed by atoms with Crippen molar-refractivity contribution in [1.82, 2.24) is 14.9 Å². The Balaban J connectivity index is 1.49. The van der Waals surface area contributed by atoms with E-state index in [0.717, 1.165) is 62.2 Å². The lowest BCUT2D eigenvalue weighted by Gasteiger charge is -2.22. The van der Waals surface area contributed by atoms with Crippen LogP contribution in [0.25, 0.3) is 0 Å². The van der Waals surface area contributed by atoms with Crippen LogP contribution in [-0.4, -0.2) is 36.1 Å². The molecule has 3 atom stereocenters. The molecule has 1 amide bonds. The van der Waals surface area contributed by atoms with Crippen LogP contribution in [-0.2, 0) is 24.2 Å². The summed E-state index contributed by atoms with van der Waals surface area (Å²) in [6.07, 6.45) is 11.6. The lowest BCUT2D eigenvalue weighted by Crippen LogP contribution is -2.32. The van der Waals surface area contributed by atoms with Crippen molar-refractivity contribution in [2.75, 3.05) is 25.5 Å². The van der Waals surface area contributed by atoms with Crippen LogP contribution in [0.3, 0.4) is 0 Å². The molecular weight excluding hydrogens is 499 g/mol. The van der Waals surface area contributed by atoms with E-state index in [1.165, 1.54) is 30.2 Å². The summed E-state index contributed by atoms with van der Waals surface area (Å²) in [6.45, 7) is 7.91. The highest BCUT2D eigenvalue weighted by atomic mass is 19.1. The number of rotatable bonds is 17. The first-order valence-electron chi connectivity index (χ1n) is 15.0. The smallest absolute Gasteiger partial charge is 0.222 e. The molecule has 0 radical (unpaired) electrons. The van der Waals surface area contributed by atoms with Crippen molar-refractivity contribution in [3.63, 3.8) is 0 Å². The number of hydrogen-bond donors (Lipinski definition) is 1. The number of nitrogens with zero attached hydrogens (tertiary/aromatic N) is 3. The molecule has 2 aromatic carbocycles. The summed E-state index contributed by atoms with van der Waals surface area (Å²) in [7, 11) is 4.08. The Hall–Kier alpha value is -3.15. The molecule has 0 spiro atoms. The standard InChI is InChI=1S/C34H49FN4O/c1-6-26(2)10-9-11-28(14-17-30-12-7-8-13-33(30)35)22-27(3)34(40)37-21-20-32-23-36-25-39(32)24-29-15-18-31(19-16-29)38(4)5/h7-8,12-13,15-16,18-19,23,25-28H,6,9-11,14,17,20-22,24H2,1-5H3,(H,37,40). The van der Waals surface area contributed by atoms with Gasteiger partial charge in [0.2, 0.25) is 5.91 Å². The maximum Gasteiger partial charge on any atom is 0.222 e. The van der Waals surface area contributed by atoms with Crippen LogP contribution >= 0.6 is 0 Å². The predicted octanol–water partition coefficient (Wildman–Crippen LogP) is 7.29. The van der Waals surface area contributed by atoms with Gasteiger partial charge in [0.05, 0.1) is 6.33 Å². The third-order valence-corrected chi connectivity index (χ3v) is 8.21. The Morgan fingerprint density at radius 3 is 2.48 bits per heavy atom. The van der Waals surface area contributed by atoms with E-state index in [2.05, 4.69) is 57.9 Å². The number of imidazole rings is 1. The number of aromatic nitrogens is 2.